The van der Waals surface area contributed by atoms with Gasteiger partial charge in [0.2, 0.25) is 5.91 Å². The Hall–Kier alpha value is -2.47. The Balaban J connectivity index is 1.48. The molecule has 2 amide bonds. The predicted molar refractivity (Wildman–Crippen MR) is 116 cm³/mol. The van der Waals surface area contributed by atoms with Crippen LogP contribution in [0, 0.1) is 0 Å². The summed E-state index contributed by atoms with van der Waals surface area (Å²) in [7, 11) is 1.60. The quantitative estimate of drug-likeness (QED) is 0.715. The Morgan fingerprint density at radius 2 is 1.86 bits per heavy atom. The summed E-state index contributed by atoms with van der Waals surface area (Å²) in [6.07, 6.45) is 4.96. The molecule has 2 aliphatic heterocycles. The van der Waals surface area contributed by atoms with Crippen LogP contribution in [0.2, 0.25) is 0 Å². The van der Waals surface area contributed by atoms with Crippen LogP contribution in [0.5, 0.6) is 5.75 Å². The van der Waals surface area contributed by atoms with Crippen LogP contribution in [-0.2, 0) is 11.2 Å². The van der Waals surface area contributed by atoms with Crippen LogP contribution < -0.4 is 9.64 Å². The fourth-order valence-corrected chi connectivity index (χ4v) is 4.76. The van der Waals surface area contributed by atoms with Gasteiger partial charge in [-0.05, 0) is 55.3 Å². The lowest BCUT2D eigenvalue weighted by atomic mass is 9.95. The zero-order valence-electron chi connectivity index (χ0n) is 16.9. The number of rotatable bonds is 4. The molecule has 0 aromatic heterocycles. The highest BCUT2D eigenvalue weighted by Gasteiger charge is 2.34. The van der Waals surface area contributed by atoms with E-state index in [2.05, 4.69) is 6.07 Å². The van der Waals surface area contributed by atoms with Crippen molar-refractivity contribution in [2.24, 2.45) is 0 Å². The zero-order valence-corrected chi connectivity index (χ0v) is 17.7. The van der Waals surface area contributed by atoms with Crippen LogP contribution in [0.4, 0.5) is 5.69 Å². The summed E-state index contributed by atoms with van der Waals surface area (Å²) in [6, 6.07) is 14.0. The number of methoxy groups -OCH3 is 1. The van der Waals surface area contributed by atoms with Gasteiger partial charge in [0.1, 0.15) is 5.75 Å². The lowest BCUT2D eigenvalue weighted by Crippen LogP contribution is -2.50. The number of aryl methyl sites for hydroxylation is 1. The number of carbonyl (C=O) groups excluding carboxylic acids is 2. The lowest BCUT2D eigenvalue weighted by Gasteiger charge is -2.41. The molecule has 0 aliphatic carbocycles. The number of hydrogen-bond acceptors (Lipinski definition) is 4. The fourth-order valence-electron chi connectivity index (χ4n) is 4.33. The van der Waals surface area contributed by atoms with E-state index in [-0.39, 0.29) is 17.9 Å². The molecule has 1 saturated heterocycles. The van der Waals surface area contributed by atoms with Gasteiger partial charge < -0.3 is 14.5 Å². The third kappa shape index (κ3) is 3.86. The van der Waals surface area contributed by atoms with Crippen molar-refractivity contribution in [2.75, 3.05) is 31.4 Å². The summed E-state index contributed by atoms with van der Waals surface area (Å²) in [5.41, 5.74) is 2.88. The second-order valence-electron chi connectivity index (χ2n) is 7.48. The number of ether oxygens (including phenoxy) is 1. The first kappa shape index (κ1) is 19.8. The Kier molecular flexibility index (Phi) is 5.81. The van der Waals surface area contributed by atoms with Crippen molar-refractivity contribution in [1.82, 2.24) is 4.90 Å². The van der Waals surface area contributed by atoms with Gasteiger partial charge in [-0.3, -0.25) is 9.59 Å². The molecule has 29 heavy (non-hydrogen) atoms. The highest BCUT2D eigenvalue weighted by molar-refractivity contribution is 7.98. The van der Waals surface area contributed by atoms with Crippen molar-refractivity contribution in [1.29, 1.82) is 0 Å². The predicted octanol–water partition coefficient (Wildman–Crippen LogP) is 4.00. The third-order valence-electron chi connectivity index (χ3n) is 5.88. The second kappa shape index (κ2) is 8.49. The Morgan fingerprint density at radius 3 is 2.59 bits per heavy atom. The van der Waals surface area contributed by atoms with Crippen molar-refractivity contribution in [3.63, 3.8) is 0 Å². The average molecular weight is 411 g/mol. The average Bonchev–Trinajstić information content (AvgIpc) is 2.78. The van der Waals surface area contributed by atoms with Crippen molar-refractivity contribution in [3.05, 3.63) is 53.6 Å². The van der Waals surface area contributed by atoms with E-state index in [0.717, 1.165) is 29.8 Å². The maximum Gasteiger partial charge on any atom is 0.257 e. The van der Waals surface area contributed by atoms with E-state index in [1.54, 1.807) is 18.9 Å². The number of anilines is 1. The molecular weight excluding hydrogens is 384 g/mol. The van der Waals surface area contributed by atoms with E-state index in [1.807, 2.05) is 52.5 Å². The number of nitrogens with zero attached hydrogens (tertiary/aromatic N) is 2. The maximum absolute atomic E-state index is 13.1. The first-order chi connectivity index (χ1) is 14.1. The lowest BCUT2D eigenvalue weighted by molar-refractivity contribution is -0.119. The molecule has 1 fully saturated rings. The minimum atomic E-state index is -0.00155. The van der Waals surface area contributed by atoms with Gasteiger partial charge in [-0.25, -0.2) is 0 Å². The van der Waals surface area contributed by atoms with E-state index >= 15 is 0 Å². The minimum absolute atomic E-state index is 0.00155. The van der Waals surface area contributed by atoms with E-state index in [0.29, 0.717) is 30.8 Å². The van der Waals surface area contributed by atoms with Crippen molar-refractivity contribution < 1.29 is 14.3 Å². The summed E-state index contributed by atoms with van der Waals surface area (Å²) in [5, 5.41) is 0. The van der Waals surface area contributed by atoms with Crippen molar-refractivity contribution in [3.8, 4) is 5.75 Å². The maximum atomic E-state index is 13.1. The largest absolute Gasteiger partial charge is 0.496 e. The Labute approximate surface area is 176 Å². The second-order valence-corrected chi connectivity index (χ2v) is 8.36. The van der Waals surface area contributed by atoms with Gasteiger partial charge in [0.15, 0.2) is 0 Å². The Bertz CT molecular complexity index is 922. The number of likely N-dealkylation sites (tertiary alicyclic amines) is 1. The normalized spacial score (nSPS) is 17.2. The number of hydrogen-bond donors (Lipinski definition) is 0. The van der Waals surface area contributed by atoms with Crippen LogP contribution in [0.25, 0.3) is 0 Å². The summed E-state index contributed by atoms with van der Waals surface area (Å²) in [6.45, 7) is 1.28. The summed E-state index contributed by atoms with van der Waals surface area (Å²) >= 11 is 1.62. The first-order valence-corrected chi connectivity index (χ1v) is 11.3. The molecule has 0 radical (unpaired) electrons. The van der Waals surface area contributed by atoms with E-state index in [1.165, 1.54) is 5.56 Å². The molecule has 5 nitrogen and oxygen atoms in total. The monoisotopic (exact) mass is 410 g/mol. The minimum Gasteiger partial charge on any atom is -0.496 e. The van der Waals surface area contributed by atoms with Gasteiger partial charge in [0.05, 0.1) is 12.7 Å². The number of fused-ring (bicyclic) bond motifs is 1. The van der Waals surface area contributed by atoms with Crippen molar-refractivity contribution in [2.45, 2.75) is 36.6 Å². The molecule has 0 bridgehead atoms. The van der Waals surface area contributed by atoms with Crippen LogP contribution >= 0.6 is 11.8 Å². The molecule has 2 aromatic rings. The van der Waals surface area contributed by atoms with E-state index in [9.17, 15) is 9.59 Å². The molecule has 0 saturated carbocycles. The van der Waals surface area contributed by atoms with E-state index in [4.69, 9.17) is 4.74 Å². The molecule has 0 atom stereocenters. The number of piperidine rings is 1. The molecule has 2 aromatic carbocycles. The van der Waals surface area contributed by atoms with Crippen molar-refractivity contribution >= 4 is 29.3 Å². The number of carbonyl (C=O) groups is 2. The SMILES string of the molecule is COc1cc(SC)ccc1C(=O)N1CCC(N2C(=O)CCc3ccccc32)CC1. The zero-order chi connectivity index (χ0) is 20.4. The molecule has 152 valence electrons. The van der Waals surface area contributed by atoms with E-state index < -0.39 is 0 Å². The Morgan fingerprint density at radius 1 is 1.10 bits per heavy atom. The highest BCUT2D eigenvalue weighted by atomic mass is 32.2. The molecular formula is C23H26N2O3S. The number of para-hydroxylation sites is 1. The summed E-state index contributed by atoms with van der Waals surface area (Å²) in [5.74, 6) is 0.810. The van der Waals surface area contributed by atoms with Crippen LogP contribution in [-0.4, -0.2) is 49.2 Å². The van der Waals surface area contributed by atoms with Gasteiger partial charge >= 0.3 is 0 Å². The van der Waals surface area contributed by atoms with Crippen LogP contribution in [0.15, 0.2) is 47.4 Å². The summed E-state index contributed by atoms with van der Waals surface area (Å²) < 4.78 is 5.46. The first-order valence-electron chi connectivity index (χ1n) is 10.0. The standard InChI is InChI=1S/C23H26N2O3S/c1-28-21-15-18(29-2)8-9-19(21)23(27)24-13-11-17(12-14-24)25-20-6-4-3-5-16(20)7-10-22(25)26/h3-6,8-9,15,17H,7,10-14H2,1-2H3. The molecule has 2 aliphatic rings. The number of thioether (sulfide) groups is 1. The smallest absolute Gasteiger partial charge is 0.257 e. The number of amides is 2. The molecule has 6 heteroatoms. The molecule has 2 heterocycles. The highest BCUT2D eigenvalue weighted by Crippen LogP contribution is 2.33. The molecule has 0 unspecified atom stereocenters. The summed E-state index contributed by atoms with van der Waals surface area (Å²) in [4.78, 5) is 30.7. The van der Waals surface area contributed by atoms with Gasteiger partial charge in [-0.15, -0.1) is 11.8 Å². The van der Waals surface area contributed by atoms with Gasteiger partial charge in [0, 0.05) is 36.1 Å². The molecule has 0 N–H and O–H groups in total. The van der Waals surface area contributed by atoms with Gasteiger partial charge in [0.25, 0.3) is 5.91 Å². The van der Waals surface area contributed by atoms with Crippen LogP contribution in [0.3, 0.4) is 0 Å². The van der Waals surface area contributed by atoms with Crippen LogP contribution in [0.1, 0.15) is 35.2 Å². The number of benzene rings is 2. The third-order valence-corrected chi connectivity index (χ3v) is 6.61. The topological polar surface area (TPSA) is 49.9 Å². The molecule has 0 spiro atoms. The molecule has 4 rings (SSSR count). The van der Waals surface area contributed by atoms with Gasteiger partial charge in [-0.1, -0.05) is 18.2 Å². The van der Waals surface area contributed by atoms with Gasteiger partial charge in [-0.2, -0.15) is 0 Å². The fraction of sp³-hybridized carbons (Fsp3) is 0.391.